The molecule has 0 aromatic carbocycles. The first-order valence-corrected chi connectivity index (χ1v) is 4.54. The molecule has 3 nitrogen and oxygen atoms in total. The van der Waals surface area contributed by atoms with Crippen LogP contribution in [0.25, 0.3) is 0 Å². The first kappa shape index (κ1) is 8.33. The standard InChI is InChI=1S/C6H12O3S/c1-10-6-5(8)2-4(3-7)9-6/h4-8H,2-3H2,1H3. The Balaban J connectivity index is 2.36. The molecule has 1 rings (SSSR count). The molecule has 0 bridgehead atoms. The third-order valence-electron chi connectivity index (χ3n) is 1.58. The molecular formula is C6H12O3S. The summed E-state index contributed by atoms with van der Waals surface area (Å²) in [6.45, 7) is 0.00806. The van der Waals surface area contributed by atoms with Crippen molar-refractivity contribution >= 4 is 11.8 Å². The van der Waals surface area contributed by atoms with Crippen LogP contribution in [-0.2, 0) is 4.74 Å². The van der Waals surface area contributed by atoms with E-state index < -0.39 is 6.10 Å². The molecule has 10 heavy (non-hydrogen) atoms. The fourth-order valence-electron chi connectivity index (χ4n) is 1.05. The summed E-state index contributed by atoms with van der Waals surface area (Å²) in [5.41, 5.74) is -0.142. The van der Waals surface area contributed by atoms with Gasteiger partial charge in [-0.15, -0.1) is 11.8 Å². The number of rotatable bonds is 2. The predicted octanol–water partition coefficient (Wildman–Crippen LogP) is -0.182. The average Bonchev–Trinajstić information content (AvgIpc) is 2.30. The second kappa shape index (κ2) is 3.57. The molecule has 1 saturated heterocycles. The van der Waals surface area contributed by atoms with Crippen LogP contribution in [0.5, 0.6) is 0 Å². The van der Waals surface area contributed by atoms with Gasteiger partial charge in [-0.3, -0.25) is 0 Å². The van der Waals surface area contributed by atoms with Crippen LogP contribution in [0.15, 0.2) is 0 Å². The van der Waals surface area contributed by atoms with Crippen LogP contribution in [0.4, 0.5) is 0 Å². The Hall–Kier alpha value is 0.230. The van der Waals surface area contributed by atoms with Crippen molar-refractivity contribution in [3.05, 3.63) is 0 Å². The van der Waals surface area contributed by atoms with Crippen molar-refractivity contribution in [1.82, 2.24) is 0 Å². The molecule has 1 fully saturated rings. The van der Waals surface area contributed by atoms with E-state index in [0.717, 1.165) is 0 Å². The normalized spacial score (nSPS) is 40.5. The highest BCUT2D eigenvalue weighted by Gasteiger charge is 2.32. The molecule has 0 aromatic rings. The van der Waals surface area contributed by atoms with Crippen LogP contribution >= 0.6 is 11.8 Å². The van der Waals surface area contributed by atoms with Crippen molar-refractivity contribution in [2.75, 3.05) is 12.9 Å². The van der Waals surface area contributed by atoms with Gasteiger partial charge in [-0.05, 0) is 6.26 Å². The van der Waals surface area contributed by atoms with Gasteiger partial charge in [0, 0.05) is 6.42 Å². The quantitative estimate of drug-likeness (QED) is 0.594. The molecule has 0 aliphatic carbocycles. The SMILES string of the molecule is CSC1OC(CO)CC1O. The minimum Gasteiger partial charge on any atom is -0.394 e. The zero-order chi connectivity index (χ0) is 7.56. The first-order valence-electron chi connectivity index (χ1n) is 3.25. The van der Waals surface area contributed by atoms with Crippen molar-refractivity contribution in [3.8, 4) is 0 Å². The molecule has 60 valence electrons. The maximum Gasteiger partial charge on any atom is 0.129 e. The zero-order valence-electron chi connectivity index (χ0n) is 5.86. The Labute approximate surface area is 64.4 Å². The Morgan fingerprint density at radius 3 is 2.70 bits per heavy atom. The van der Waals surface area contributed by atoms with Gasteiger partial charge in [0.2, 0.25) is 0 Å². The molecule has 4 heteroatoms. The molecule has 0 aromatic heterocycles. The van der Waals surface area contributed by atoms with Crippen LogP contribution in [0, 0.1) is 0 Å². The third kappa shape index (κ3) is 1.63. The zero-order valence-corrected chi connectivity index (χ0v) is 6.67. The lowest BCUT2D eigenvalue weighted by Crippen LogP contribution is -2.15. The van der Waals surface area contributed by atoms with Gasteiger partial charge in [-0.25, -0.2) is 0 Å². The van der Waals surface area contributed by atoms with E-state index in [4.69, 9.17) is 9.84 Å². The number of thioether (sulfide) groups is 1. The molecular weight excluding hydrogens is 152 g/mol. The Bertz CT molecular complexity index is 109. The Kier molecular flexibility index (Phi) is 2.97. The fraction of sp³-hybridized carbons (Fsp3) is 1.00. The van der Waals surface area contributed by atoms with Gasteiger partial charge in [0.15, 0.2) is 0 Å². The van der Waals surface area contributed by atoms with Gasteiger partial charge in [0.05, 0.1) is 18.8 Å². The molecule has 1 aliphatic rings. The van der Waals surface area contributed by atoms with Crippen molar-refractivity contribution < 1.29 is 14.9 Å². The van der Waals surface area contributed by atoms with Gasteiger partial charge in [-0.1, -0.05) is 0 Å². The summed E-state index contributed by atoms with van der Waals surface area (Å²) < 4.78 is 5.23. The number of ether oxygens (including phenoxy) is 1. The van der Waals surface area contributed by atoms with E-state index in [1.807, 2.05) is 6.26 Å². The minimum atomic E-state index is -0.410. The molecule has 2 N–H and O–H groups in total. The van der Waals surface area contributed by atoms with Gasteiger partial charge in [0.1, 0.15) is 5.44 Å². The fourth-order valence-corrected chi connectivity index (χ4v) is 1.74. The van der Waals surface area contributed by atoms with Crippen LogP contribution < -0.4 is 0 Å². The van der Waals surface area contributed by atoms with E-state index in [0.29, 0.717) is 6.42 Å². The summed E-state index contributed by atoms with van der Waals surface area (Å²) >= 11 is 1.48. The molecule has 3 unspecified atom stereocenters. The van der Waals surface area contributed by atoms with Crippen LogP contribution in [0.3, 0.4) is 0 Å². The van der Waals surface area contributed by atoms with E-state index in [1.54, 1.807) is 0 Å². The number of hydrogen-bond acceptors (Lipinski definition) is 4. The number of aliphatic hydroxyl groups is 2. The third-order valence-corrected chi connectivity index (χ3v) is 2.47. The number of aliphatic hydroxyl groups excluding tert-OH is 2. The van der Waals surface area contributed by atoms with Crippen LogP contribution in [-0.4, -0.2) is 40.7 Å². The molecule has 3 atom stereocenters. The van der Waals surface area contributed by atoms with Crippen LogP contribution in [0.1, 0.15) is 6.42 Å². The summed E-state index contributed by atoms with van der Waals surface area (Å²) in [6, 6.07) is 0. The lowest BCUT2D eigenvalue weighted by atomic mass is 10.2. The van der Waals surface area contributed by atoms with Crippen molar-refractivity contribution in [2.24, 2.45) is 0 Å². The van der Waals surface area contributed by atoms with Crippen LogP contribution in [0.2, 0.25) is 0 Å². The van der Waals surface area contributed by atoms with E-state index in [2.05, 4.69) is 0 Å². The predicted molar refractivity (Wildman–Crippen MR) is 39.9 cm³/mol. The Morgan fingerprint density at radius 1 is 1.70 bits per heavy atom. The highest BCUT2D eigenvalue weighted by Crippen LogP contribution is 2.26. The van der Waals surface area contributed by atoms with Crippen molar-refractivity contribution in [1.29, 1.82) is 0 Å². The molecule has 0 saturated carbocycles. The van der Waals surface area contributed by atoms with Crippen molar-refractivity contribution in [2.45, 2.75) is 24.1 Å². The summed E-state index contributed by atoms with van der Waals surface area (Å²) in [6.07, 6.45) is 1.87. The van der Waals surface area contributed by atoms with E-state index in [1.165, 1.54) is 11.8 Å². The largest absolute Gasteiger partial charge is 0.394 e. The minimum absolute atomic E-state index is 0.00806. The average molecular weight is 164 g/mol. The molecule has 1 heterocycles. The van der Waals surface area contributed by atoms with E-state index >= 15 is 0 Å². The van der Waals surface area contributed by atoms with Gasteiger partial charge in [0.25, 0.3) is 0 Å². The van der Waals surface area contributed by atoms with E-state index in [-0.39, 0.29) is 18.1 Å². The smallest absolute Gasteiger partial charge is 0.129 e. The highest BCUT2D eigenvalue weighted by molar-refractivity contribution is 7.99. The van der Waals surface area contributed by atoms with Gasteiger partial charge >= 0.3 is 0 Å². The lowest BCUT2D eigenvalue weighted by molar-refractivity contribution is 0.0349. The summed E-state index contributed by atoms with van der Waals surface area (Å²) in [5, 5.41) is 17.9. The molecule has 0 radical (unpaired) electrons. The Morgan fingerprint density at radius 2 is 2.40 bits per heavy atom. The summed E-state index contributed by atoms with van der Waals surface area (Å²) in [5.74, 6) is 0. The summed E-state index contributed by atoms with van der Waals surface area (Å²) in [7, 11) is 0. The maximum atomic E-state index is 9.23. The summed E-state index contributed by atoms with van der Waals surface area (Å²) in [4.78, 5) is 0. The lowest BCUT2D eigenvalue weighted by Gasteiger charge is -2.09. The maximum absolute atomic E-state index is 9.23. The monoisotopic (exact) mass is 164 g/mol. The molecule has 1 aliphatic heterocycles. The molecule has 0 amide bonds. The van der Waals surface area contributed by atoms with Gasteiger partial charge < -0.3 is 14.9 Å². The highest BCUT2D eigenvalue weighted by atomic mass is 32.2. The van der Waals surface area contributed by atoms with E-state index in [9.17, 15) is 5.11 Å². The van der Waals surface area contributed by atoms with Gasteiger partial charge in [-0.2, -0.15) is 0 Å². The van der Waals surface area contributed by atoms with Crippen molar-refractivity contribution in [3.63, 3.8) is 0 Å². The first-order chi connectivity index (χ1) is 4.77. The second-order valence-electron chi connectivity index (χ2n) is 2.35. The second-order valence-corrected chi connectivity index (χ2v) is 3.28. The topological polar surface area (TPSA) is 49.7 Å². The number of hydrogen-bond donors (Lipinski definition) is 2. The molecule has 0 spiro atoms.